The number of hydrogen-bond donors (Lipinski definition) is 1. The number of fused-ring (bicyclic) bond motifs is 1. The zero-order chi connectivity index (χ0) is 12.4. The summed E-state index contributed by atoms with van der Waals surface area (Å²) in [6.45, 7) is 0.885. The van der Waals surface area contributed by atoms with Crippen LogP contribution in [0.1, 0.15) is 24.3 Å². The fourth-order valence-electron chi connectivity index (χ4n) is 2.41. The zero-order valence-corrected chi connectivity index (χ0v) is 10.1. The van der Waals surface area contributed by atoms with E-state index in [0.717, 1.165) is 12.3 Å². The third-order valence-electron chi connectivity index (χ3n) is 3.29. The van der Waals surface area contributed by atoms with E-state index in [1.165, 1.54) is 11.3 Å². The molecule has 1 aromatic carbocycles. The molecule has 1 unspecified atom stereocenters. The van der Waals surface area contributed by atoms with Crippen molar-refractivity contribution in [3.63, 3.8) is 0 Å². The molecular formula is C13H17NO3. The van der Waals surface area contributed by atoms with Gasteiger partial charge in [-0.15, -0.1) is 0 Å². The molecule has 0 bridgehead atoms. The Morgan fingerprint density at radius 1 is 1.59 bits per heavy atom. The van der Waals surface area contributed by atoms with Crippen molar-refractivity contribution in [2.24, 2.45) is 0 Å². The van der Waals surface area contributed by atoms with E-state index in [0.29, 0.717) is 12.3 Å². The number of ether oxygens (including phenoxy) is 1. The maximum atomic E-state index is 10.6. The highest BCUT2D eigenvalue weighted by atomic mass is 16.5. The predicted molar refractivity (Wildman–Crippen MR) is 65.9 cm³/mol. The van der Waals surface area contributed by atoms with Crippen molar-refractivity contribution < 1.29 is 14.6 Å². The van der Waals surface area contributed by atoms with E-state index in [1.54, 1.807) is 7.11 Å². The van der Waals surface area contributed by atoms with E-state index in [9.17, 15) is 4.79 Å². The number of anilines is 1. The largest absolute Gasteiger partial charge is 0.497 e. The van der Waals surface area contributed by atoms with E-state index in [1.807, 2.05) is 25.2 Å². The van der Waals surface area contributed by atoms with Gasteiger partial charge >= 0.3 is 5.97 Å². The highest BCUT2D eigenvalue weighted by molar-refractivity contribution is 5.67. The fraction of sp³-hybridized carbons (Fsp3) is 0.462. The van der Waals surface area contributed by atoms with Crippen molar-refractivity contribution in [1.29, 1.82) is 0 Å². The van der Waals surface area contributed by atoms with E-state index < -0.39 is 5.97 Å². The van der Waals surface area contributed by atoms with Crippen molar-refractivity contribution in [2.75, 3.05) is 25.6 Å². The Hall–Kier alpha value is -1.71. The van der Waals surface area contributed by atoms with Crippen LogP contribution in [0.5, 0.6) is 5.75 Å². The summed E-state index contributed by atoms with van der Waals surface area (Å²) in [6, 6.07) is 6.00. The average molecular weight is 235 g/mol. The number of carbonyl (C=O) groups is 1. The SMILES string of the molecule is COc1ccc2c(c1)C(CCC(=O)O)CN2C. The highest BCUT2D eigenvalue weighted by Crippen LogP contribution is 2.39. The molecular weight excluding hydrogens is 218 g/mol. The smallest absolute Gasteiger partial charge is 0.303 e. The maximum absolute atomic E-state index is 10.6. The first-order valence-electron chi connectivity index (χ1n) is 5.72. The van der Waals surface area contributed by atoms with Gasteiger partial charge in [0.05, 0.1) is 7.11 Å². The quantitative estimate of drug-likeness (QED) is 0.868. The van der Waals surface area contributed by atoms with Gasteiger partial charge in [0.1, 0.15) is 5.75 Å². The van der Waals surface area contributed by atoms with Gasteiger partial charge in [-0.25, -0.2) is 0 Å². The number of hydrogen-bond acceptors (Lipinski definition) is 3. The highest BCUT2D eigenvalue weighted by Gasteiger charge is 2.27. The Morgan fingerprint density at radius 3 is 3.00 bits per heavy atom. The van der Waals surface area contributed by atoms with Crippen molar-refractivity contribution in [3.05, 3.63) is 23.8 Å². The van der Waals surface area contributed by atoms with Crippen LogP contribution in [0.15, 0.2) is 18.2 Å². The van der Waals surface area contributed by atoms with Gasteiger partial charge in [-0.05, 0) is 30.2 Å². The van der Waals surface area contributed by atoms with Crippen LogP contribution >= 0.6 is 0 Å². The van der Waals surface area contributed by atoms with Gasteiger partial charge < -0.3 is 14.7 Å². The van der Waals surface area contributed by atoms with Crippen LogP contribution in [0.2, 0.25) is 0 Å². The molecule has 0 aliphatic carbocycles. The minimum absolute atomic E-state index is 0.217. The summed E-state index contributed by atoms with van der Waals surface area (Å²) in [7, 11) is 3.68. The topological polar surface area (TPSA) is 49.8 Å². The molecule has 1 heterocycles. The molecule has 0 amide bonds. The molecule has 1 aliphatic rings. The number of rotatable bonds is 4. The predicted octanol–water partition coefficient (Wildman–Crippen LogP) is 2.09. The normalized spacial score (nSPS) is 18.0. The number of methoxy groups -OCH3 is 1. The van der Waals surface area contributed by atoms with Crippen LogP contribution in [0.4, 0.5) is 5.69 Å². The number of nitrogens with zero attached hydrogens (tertiary/aromatic N) is 1. The van der Waals surface area contributed by atoms with Gasteiger partial charge in [-0.2, -0.15) is 0 Å². The van der Waals surface area contributed by atoms with Crippen molar-refractivity contribution >= 4 is 11.7 Å². The molecule has 17 heavy (non-hydrogen) atoms. The molecule has 0 aromatic heterocycles. The Morgan fingerprint density at radius 2 is 2.35 bits per heavy atom. The number of aliphatic carboxylic acids is 1. The van der Waals surface area contributed by atoms with Gasteiger partial charge in [-0.3, -0.25) is 4.79 Å². The second kappa shape index (κ2) is 4.65. The van der Waals surface area contributed by atoms with E-state index >= 15 is 0 Å². The Labute approximate surface area is 101 Å². The Kier molecular flexibility index (Phi) is 3.22. The van der Waals surface area contributed by atoms with Crippen LogP contribution in [0.25, 0.3) is 0 Å². The summed E-state index contributed by atoms with van der Waals surface area (Å²) in [5.41, 5.74) is 2.38. The molecule has 0 fully saturated rings. The maximum Gasteiger partial charge on any atom is 0.303 e. The van der Waals surface area contributed by atoms with E-state index in [2.05, 4.69) is 4.90 Å². The number of carboxylic acids is 1. The Balaban J connectivity index is 2.21. The lowest BCUT2D eigenvalue weighted by Gasteiger charge is -2.12. The molecule has 0 saturated carbocycles. The first-order chi connectivity index (χ1) is 8.11. The molecule has 0 radical (unpaired) electrons. The van der Waals surface area contributed by atoms with Gasteiger partial charge in [0, 0.05) is 31.6 Å². The van der Waals surface area contributed by atoms with Crippen molar-refractivity contribution in [3.8, 4) is 5.75 Å². The minimum atomic E-state index is -0.732. The molecule has 0 spiro atoms. The van der Waals surface area contributed by atoms with Crippen LogP contribution in [0, 0.1) is 0 Å². The molecule has 92 valence electrons. The Bertz CT molecular complexity index is 431. The van der Waals surface area contributed by atoms with Gasteiger partial charge in [0.15, 0.2) is 0 Å². The summed E-state index contributed by atoms with van der Waals surface area (Å²) >= 11 is 0. The number of likely N-dealkylation sites (N-methyl/N-ethyl adjacent to an activating group) is 1. The lowest BCUT2D eigenvalue weighted by molar-refractivity contribution is -0.137. The molecule has 4 heteroatoms. The zero-order valence-electron chi connectivity index (χ0n) is 10.1. The third-order valence-corrected chi connectivity index (χ3v) is 3.29. The van der Waals surface area contributed by atoms with Gasteiger partial charge in [0.25, 0.3) is 0 Å². The summed E-state index contributed by atoms with van der Waals surface area (Å²) in [5, 5.41) is 8.75. The fourth-order valence-corrected chi connectivity index (χ4v) is 2.41. The van der Waals surface area contributed by atoms with Crippen LogP contribution in [0.3, 0.4) is 0 Å². The molecule has 1 N–H and O–H groups in total. The summed E-state index contributed by atoms with van der Waals surface area (Å²) in [6.07, 6.45) is 0.898. The molecule has 4 nitrogen and oxygen atoms in total. The summed E-state index contributed by atoms with van der Waals surface area (Å²) < 4.78 is 5.21. The average Bonchev–Trinajstić information content (AvgIpc) is 2.63. The van der Waals surface area contributed by atoms with Crippen LogP contribution < -0.4 is 9.64 Å². The molecule has 2 rings (SSSR count). The first-order valence-corrected chi connectivity index (χ1v) is 5.72. The molecule has 0 saturated heterocycles. The second-order valence-electron chi connectivity index (χ2n) is 4.43. The summed E-state index contributed by atoms with van der Waals surface area (Å²) in [4.78, 5) is 12.8. The molecule has 1 aliphatic heterocycles. The monoisotopic (exact) mass is 235 g/mol. The minimum Gasteiger partial charge on any atom is -0.497 e. The van der Waals surface area contributed by atoms with Crippen LogP contribution in [-0.4, -0.2) is 31.8 Å². The molecule has 1 aromatic rings. The number of carboxylic acid groups (broad SMARTS) is 1. The van der Waals surface area contributed by atoms with Crippen LogP contribution in [-0.2, 0) is 4.79 Å². The first kappa shape index (κ1) is 11.8. The van der Waals surface area contributed by atoms with Crippen molar-refractivity contribution in [1.82, 2.24) is 0 Å². The second-order valence-corrected chi connectivity index (χ2v) is 4.43. The van der Waals surface area contributed by atoms with E-state index in [-0.39, 0.29) is 6.42 Å². The lowest BCUT2D eigenvalue weighted by atomic mass is 9.96. The molecule has 1 atom stereocenters. The number of benzene rings is 1. The standard InChI is InChI=1S/C13H17NO3/c1-14-8-9(3-6-13(15)16)11-7-10(17-2)4-5-12(11)14/h4-5,7,9H,3,6,8H2,1-2H3,(H,15,16). The third kappa shape index (κ3) is 2.35. The van der Waals surface area contributed by atoms with E-state index in [4.69, 9.17) is 9.84 Å². The lowest BCUT2D eigenvalue weighted by Crippen LogP contribution is -2.15. The van der Waals surface area contributed by atoms with Crippen molar-refractivity contribution in [2.45, 2.75) is 18.8 Å². The van der Waals surface area contributed by atoms with Gasteiger partial charge in [0.2, 0.25) is 0 Å². The summed E-state index contributed by atoms with van der Waals surface area (Å²) in [5.74, 6) is 0.393. The van der Waals surface area contributed by atoms with Gasteiger partial charge in [-0.1, -0.05) is 0 Å².